The molecule has 3 nitrogen and oxygen atoms in total. The molecule has 0 aromatic heterocycles. The zero-order chi connectivity index (χ0) is 9.14. The molecule has 0 atom stereocenters. The van der Waals surface area contributed by atoms with E-state index in [9.17, 15) is 0 Å². The fourth-order valence-electron chi connectivity index (χ4n) is 0.917. The molecule has 1 aromatic carbocycles. The van der Waals surface area contributed by atoms with Gasteiger partial charge >= 0.3 is 0 Å². The van der Waals surface area contributed by atoms with E-state index in [1.54, 1.807) is 19.1 Å². The third-order valence-corrected chi connectivity index (χ3v) is 2.05. The lowest BCUT2D eigenvalue weighted by atomic mass is 10.1. The van der Waals surface area contributed by atoms with Gasteiger partial charge in [-0.2, -0.15) is 0 Å². The van der Waals surface area contributed by atoms with E-state index in [-0.39, 0.29) is 0 Å². The molecule has 3 N–H and O–H groups in total. The van der Waals surface area contributed by atoms with Gasteiger partial charge in [-0.1, -0.05) is 21.1 Å². The van der Waals surface area contributed by atoms with Crippen molar-refractivity contribution in [3.05, 3.63) is 28.2 Å². The van der Waals surface area contributed by atoms with Crippen molar-refractivity contribution in [2.75, 3.05) is 5.73 Å². The van der Waals surface area contributed by atoms with Gasteiger partial charge < -0.3 is 10.9 Å². The maximum atomic E-state index is 8.50. The van der Waals surface area contributed by atoms with Crippen LogP contribution in [0.2, 0.25) is 0 Å². The largest absolute Gasteiger partial charge is 0.411 e. The summed E-state index contributed by atoms with van der Waals surface area (Å²) in [4.78, 5) is 0. The molecule has 0 fully saturated rings. The summed E-state index contributed by atoms with van der Waals surface area (Å²) in [7, 11) is 0. The molecular formula is C8H9BrN2O. The minimum atomic E-state index is 0.514. The van der Waals surface area contributed by atoms with Crippen molar-refractivity contribution >= 4 is 27.3 Å². The highest BCUT2D eigenvalue weighted by molar-refractivity contribution is 9.10. The average Bonchev–Trinajstić information content (AvgIpc) is 2.03. The van der Waals surface area contributed by atoms with Gasteiger partial charge in [-0.25, -0.2) is 0 Å². The van der Waals surface area contributed by atoms with Crippen molar-refractivity contribution in [1.82, 2.24) is 0 Å². The van der Waals surface area contributed by atoms with Gasteiger partial charge in [0, 0.05) is 15.7 Å². The second-order valence-corrected chi connectivity index (χ2v) is 3.33. The molecule has 0 aliphatic rings. The summed E-state index contributed by atoms with van der Waals surface area (Å²) < 4.78 is 0.912. The first-order valence-electron chi connectivity index (χ1n) is 3.39. The molecule has 0 unspecified atom stereocenters. The topological polar surface area (TPSA) is 58.6 Å². The van der Waals surface area contributed by atoms with Crippen molar-refractivity contribution in [2.45, 2.75) is 6.92 Å². The summed E-state index contributed by atoms with van der Waals surface area (Å²) in [5.41, 5.74) is 7.54. The minimum Gasteiger partial charge on any atom is -0.411 e. The molecule has 0 saturated carbocycles. The van der Waals surface area contributed by atoms with E-state index in [0.29, 0.717) is 11.4 Å². The Bertz CT molecular complexity index is 323. The number of nitrogens with zero attached hydrogens (tertiary/aromatic N) is 1. The number of hydrogen-bond acceptors (Lipinski definition) is 3. The Labute approximate surface area is 79.0 Å². The van der Waals surface area contributed by atoms with Gasteiger partial charge in [0.05, 0.1) is 5.71 Å². The number of oxime groups is 1. The fraction of sp³-hybridized carbons (Fsp3) is 0.125. The Morgan fingerprint density at radius 1 is 1.58 bits per heavy atom. The van der Waals surface area contributed by atoms with Crippen molar-refractivity contribution in [3.63, 3.8) is 0 Å². The van der Waals surface area contributed by atoms with Crippen LogP contribution >= 0.6 is 15.9 Å². The normalized spacial score (nSPS) is 11.7. The number of anilines is 1. The van der Waals surface area contributed by atoms with E-state index < -0.39 is 0 Å². The van der Waals surface area contributed by atoms with Crippen LogP contribution in [0.4, 0.5) is 5.69 Å². The molecule has 0 bridgehead atoms. The van der Waals surface area contributed by atoms with Gasteiger partial charge in [0.2, 0.25) is 0 Å². The zero-order valence-electron chi connectivity index (χ0n) is 6.58. The Kier molecular flexibility index (Phi) is 2.70. The van der Waals surface area contributed by atoms with Crippen molar-refractivity contribution < 1.29 is 5.21 Å². The number of nitrogens with two attached hydrogens (primary N) is 1. The van der Waals surface area contributed by atoms with Gasteiger partial charge in [-0.05, 0) is 25.1 Å². The second kappa shape index (κ2) is 3.58. The molecule has 1 rings (SSSR count). The van der Waals surface area contributed by atoms with Crippen LogP contribution in [0, 0.1) is 0 Å². The van der Waals surface area contributed by atoms with Gasteiger partial charge in [0.15, 0.2) is 0 Å². The summed E-state index contributed by atoms with van der Waals surface area (Å²) in [5.74, 6) is 0. The first-order chi connectivity index (χ1) is 5.65. The molecule has 0 aliphatic heterocycles. The highest BCUT2D eigenvalue weighted by Crippen LogP contribution is 2.18. The molecule has 0 spiro atoms. The first-order valence-corrected chi connectivity index (χ1v) is 4.18. The fourth-order valence-corrected chi connectivity index (χ4v) is 1.30. The van der Waals surface area contributed by atoms with Gasteiger partial charge in [-0.15, -0.1) is 0 Å². The van der Waals surface area contributed by atoms with E-state index in [1.165, 1.54) is 0 Å². The number of rotatable bonds is 1. The predicted molar refractivity (Wildman–Crippen MR) is 52.6 cm³/mol. The van der Waals surface area contributed by atoms with Crippen molar-refractivity contribution in [1.29, 1.82) is 0 Å². The maximum absolute atomic E-state index is 8.50. The van der Waals surface area contributed by atoms with Gasteiger partial charge in [0.1, 0.15) is 0 Å². The Morgan fingerprint density at radius 3 is 2.75 bits per heavy atom. The summed E-state index contributed by atoms with van der Waals surface area (Å²) in [6, 6.07) is 5.42. The Balaban J connectivity index is 3.18. The quantitative estimate of drug-likeness (QED) is 0.335. The number of hydrogen-bond donors (Lipinski definition) is 2. The first kappa shape index (κ1) is 9.06. The smallest absolute Gasteiger partial charge is 0.0857 e. The van der Waals surface area contributed by atoms with Crippen LogP contribution in [0.1, 0.15) is 12.5 Å². The number of benzene rings is 1. The molecule has 0 heterocycles. The molecule has 0 amide bonds. The average molecular weight is 229 g/mol. The SMILES string of the molecule is C/C(=N\O)c1ccc(Br)cc1N. The summed E-state index contributed by atoms with van der Waals surface area (Å²) in [6.07, 6.45) is 0. The van der Waals surface area contributed by atoms with Gasteiger partial charge in [-0.3, -0.25) is 0 Å². The van der Waals surface area contributed by atoms with Crippen LogP contribution in [-0.4, -0.2) is 10.9 Å². The summed E-state index contributed by atoms with van der Waals surface area (Å²) >= 11 is 3.28. The van der Waals surface area contributed by atoms with E-state index in [4.69, 9.17) is 10.9 Å². The minimum absolute atomic E-state index is 0.514. The van der Waals surface area contributed by atoms with Crippen LogP contribution in [0.15, 0.2) is 27.8 Å². The van der Waals surface area contributed by atoms with Crippen molar-refractivity contribution in [3.8, 4) is 0 Å². The van der Waals surface area contributed by atoms with E-state index in [2.05, 4.69) is 21.1 Å². The lowest BCUT2D eigenvalue weighted by Crippen LogP contribution is -2.00. The van der Waals surface area contributed by atoms with Crippen LogP contribution in [0.25, 0.3) is 0 Å². The van der Waals surface area contributed by atoms with Gasteiger partial charge in [0.25, 0.3) is 0 Å². The molecule has 64 valence electrons. The van der Waals surface area contributed by atoms with E-state index >= 15 is 0 Å². The van der Waals surface area contributed by atoms with Crippen molar-refractivity contribution in [2.24, 2.45) is 5.16 Å². The highest BCUT2D eigenvalue weighted by Gasteiger charge is 2.02. The molecule has 12 heavy (non-hydrogen) atoms. The van der Waals surface area contributed by atoms with Crippen LogP contribution in [0.3, 0.4) is 0 Å². The predicted octanol–water partition coefficient (Wildman–Crippen LogP) is 2.23. The maximum Gasteiger partial charge on any atom is 0.0857 e. The number of nitrogen functional groups attached to an aromatic ring is 1. The molecule has 0 aliphatic carbocycles. The second-order valence-electron chi connectivity index (χ2n) is 2.42. The lowest BCUT2D eigenvalue weighted by Gasteiger charge is -2.03. The number of halogens is 1. The molecule has 0 radical (unpaired) electrons. The zero-order valence-corrected chi connectivity index (χ0v) is 8.17. The van der Waals surface area contributed by atoms with E-state index in [0.717, 1.165) is 10.0 Å². The third kappa shape index (κ3) is 1.76. The van der Waals surface area contributed by atoms with Crippen LogP contribution in [-0.2, 0) is 0 Å². The molecule has 1 aromatic rings. The molecular weight excluding hydrogens is 220 g/mol. The van der Waals surface area contributed by atoms with E-state index in [1.807, 2.05) is 6.07 Å². The summed E-state index contributed by atoms with van der Waals surface area (Å²) in [6.45, 7) is 1.69. The third-order valence-electron chi connectivity index (χ3n) is 1.55. The highest BCUT2D eigenvalue weighted by atomic mass is 79.9. The monoisotopic (exact) mass is 228 g/mol. The lowest BCUT2D eigenvalue weighted by molar-refractivity contribution is 0.319. The van der Waals surface area contributed by atoms with Crippen LogP contribution in [0.5, 0.6) is 0 Å². The standard InChI is InChI=1S/C8H9BrN2O/c1-5(11-12)7-3-2-6(9)4-8(7)10/h2-4,12H,10H2,1H3/b11-5+. The Hall–Kier alpha value is -1.03. The van der Waals surface area contributed by atoms with Crippen LogP contribution < -0.4 is 5.73 Å². The molecule has 4 heteroatoms. The summed E-state index contributed by atoms with van der Waals surface area (Å²) in [5, 5.41) is 11.6. The Morgan fingerprint density at radius 2 is 2.25 bits per heavy atom. The molecule has 0 saturated heterocycles.